The molecule has 0 aliphatic carbocycles. The van der Waals surface area contributed by atoms with Crippen molar-refractivity contribution < 1.29 is 19.8 Å². The van der Waals surface area contributed by atoms with Crippen molar-refractivity contribution in [3.63, 3.8) is 0 Å². The maximum atomic E-state index is 11.7. The first-order valence-corrected chi connectivity index (χ1v) is 6.48. The van der Waals surface area contributed by atoms with Crippen LogP contribution in [-0.2, 0) is 4.79 Å². The molecule has 0 radical (unpaired) electrons. The van der Waals surface area contributed by atoms with Gasteiger partial charge in [-0.05, 0) is 24.6 Å². The number of hydrogen-bond acceptors (Lipinski definition) is 3. The van der Waals surface area contributed by atoms with E-state index in [9.17, 15) is 9.59 Å². The molecule has 2 atom stereocenters. The van der Waals surface area contributed by atoms with E-state index in [2.05, 4.69) is 10.6 Å². The summed E-state index contributed by atoms with van der Waals surface area (Å²) >= 11 is 5.86. The molecule has 6 nitrogen and oxygen atoms in total. The normalized spacial score (nSPS) is 13.3. The van der Waals surface area contributed by atoms with Crippen LogP contribution in [0.3, 0.4) is 0 Å². The van der Waals surface area contributed by atoms with Crippen LogP contribution in [0.5, 0.6) is 0 Å². The SMILES string of the molecule is CC(NC(=O)N[C@@H](CCO)C(=O)O)c1cccc(Cl)c1. The number of aliphatic hydroxyl groups is 1. The Bertz CT molecular complexity index is 481. The van der Waals surface area contributed by atoms with Crippen LogP contribution >= 0.6 is 11.6 Å². The Kier molecular flexibility index (Phi) is 6.27. The smallest absolute Gasteiger partial charge is 0.326 e. The van der Waals surface area contributed by atoms with Gasteiger partial charge in [-0.3, -0.25) is 0 Å². The third-order valence-corrected chi connectivity index (χ3v) is 2.95. The van der Waals surface area contributed by atoms with Crippen molar-refractivity contribution in [1.29, 1.82) is 0 Å². The van der Waals surface area contributed by atoms with Gasteiger partial charge in [-0.2, -0.15) is 0 Å². The average molecular weight is 301 g/mol. The molecule has 0 bridgehead atoms. The van der Waals surface area contributed by atoms with Crippen LogP contribution in [0.2, 0.25) is 5.02 Å². The van der Waals surface area contributed by atoms with Crippen molar-refractivity contribution in [3.8, 4) is 0 Å². The Morgan fingerprint density at radius 2 is 2.05 bits per heavy atom. The summed E-state index contributed by atoms with van der Waals surface area (Å²) in [7, 11) is 0. The summed E-state index contributed by atoms with van der Waals surface area (Å²) < 4.78 is 0. The van der Waals surface area contributed by atoms with Gasteiger partial charge in [0.1, 0.15) is 6.04 Å². The minimum Gasteiger partial charge on any atom is -0.480 e. The van der Waals surface area contributed by atoms with Gasteiger partial charge in [0.25, 0.3) is 0 Å². The van der Waals surface area contributed by atoms with E-state index < -0.39 is 18.0 Å². The molecule has 1 aromatic rings. The highest BCUT2D eigenvalue weighted by Crippen LogP contribution is 2.17. The van der Waals surface area contributed by atoms with Crippen molar-refractivity contribution in [2.45, 2.75) is 25.4 Å². The number of nitrogens with one attached hydrogen (secondary N) is 2. The standard InChI is InChI=1S/C13H17ClN2O4/c1-8(9-3-2-4-10(14)7-9)15-13(20)16-11(5-6-17)12(18)19/h2-4,7-8,11,17H,5-6H2,1H3,(H,18,19)(H2,15,16,20)/t8?,11-/m0/s1. The number of carboxylic acids is 1. The maximum absolute atomic E-state index is 11.7. The van der Waals surface area contributed by atoms with Crippen molar-refractivity contribution in [1.82, 2.24) is 10.6 Å². The number of carbonyl (C=O) groups is 2. The quantitative estimate of drug-likeness (QED) is 0.640. The van der Waals surface area contributed by atoms with E-state index >= 15 is 0 Å². The fourth-order valence-corrected chi connectivity index (χ4v) is 1.84. The number of carboxylic acid groups (broad SMARTS) is 1. The summed E-state index contributed by atoms with van der Waals surface area (Å²) in [5, 5.41) is 23.1. The number of urea groups is 1. The van der Waals surface area contributed by atoms with Crippen molar-refractivity contribution in [2.75, 3.05) is 6.61 Å². The van der Waals surface area contributed by atoms with Gasteiger partial charge in [0, 0.05) is 18.1 Å². The van der Waals surface area contributed by atoms with E-state index in [0.29, 0.717) is 5.02 Å². The number of rotatable bonds is 6. The lowest BCUT2D eigenvalue weighted by atomic mass is 10.1. The second-order valence-corrected chi connectivity index (χ2v) is 4.73. The molecular formula is C13H17ClN2O4. The van der Waals surface area contributed by atoms with Gasteiger partial charge in [-0.1, -0.05) is 23.7 Å². The predicted octanol–water partition coefficient (Wildman–Crippen LogP) is 1.54. The molecule has 1 rings (SSSR count). The van der Waals surface area contributed by atoms with Crippen LogP contribution in [0.25, 0.3) is 0 Å². The highest BCUT2D eigenvalue weighted by Gasteiger charge is 2.20. The Labute approximate surface area is 121 Å². The van der Waals surface area contributed by atoms with Crippen molar-refractivity contribution in [3.05, 3.63) is 34.9 Å². The first-order valence-electron chi connectivity index (χ1n) is 6.10. The monoisotopic (exact) mass is 300 g/mol. The molecule has 0 saturated carbocycles. The minimum atomic E-state index is -1.19. The topological polar surface area (TPSA) is 98.7 Å². The summed E-state index contributed by atoms with van der Waals surface area (Å²) in [6.07, 6.45) is -0.0473. The zero-order chi connectivity index (χ0) is 15.1. The minimum absolute atomic E-state index is 0.0473. The number of hydrogen-bond donors (Lipinski definition) is 4. The molecule has 20 heavy (non-hydrogen) atoms. The van der Waals surface area contributed by atoms with Gasteiger partial charge < -0.3 is 20.8 Å². The number of aliphatic carboxylic acids is 1. The lowest BCUT2D eigenvalue weighted by molar-refractivity contribution is -0.139. The van der Waals surface area contributed by atoms with Crippen LogP contribution in [0, 0.1) is 0 Å². The van der Waals surface area contributed by atoms with E-state index in [4.69, 9.17) is 21.8 Å². The fraction of sp³-hybridized carbons (Fsp3) is 0.385. The number of carbonyl (C=O) groups excluding carboxylic acids is 1. The number of benzene rings is 1. The molecule has 7 heteroatoms. The summed E-state index contributed by atoms with van der Waals surface area (Å²) in [4.78, 5) is 22.6. The zero-order valence-electron chi connectivity index (χ0n) is 11.0. The van der Waals surface area contributed by atoms with Crippen LogP contribution in [0.15, 0.2) is 24.3 Å². The Morgan fingerprint density at radius 3 is 2.60 bits per heavy atom. The molecule has 110 valence electrons. The first-order chi connectivity index (χ1) is 9.43. The van der Waals surface area contributed by atoms with E-state index in [1.165, 1.54) is 0 Å². The zero-order valence-corrected chi connectivity index (χ0v) is 11.7. The molecule has 0 aliphatic rings. The third-order valence-electron chi connectivity index (χ3n) is 2.72. The Hall–Kier alpha value is -1.79. The summed E-state index contributed by atoms with van der Waals surface area (Å²) in [6.45, 7) is 1.44. The highest BCUT2D eigenvalue weighted by atomic mass is 35.5. The van der Waals surface area contributed by atoms with Gasteiger partial charge in [0.05, 0.1) is 6.04 Å². The molecule has 0 spiro atoms. The number of amides is 2. The van der Waals surface area contributed by atoms with Gasteiger partial charge in [-0.15, -0.1) is 0 Å². The number of halogens is 1. The summed E-state index contributed by atoms with van der Waals surface area (Å²) in [5.74, 6) is -1.19. The number of aliphatic hydroxyl groups excluding tert-OH is 1. The third kappa shape index (κ3) is 5.07. The molecule has 0 aromatic heterocycles. The van der Waals surface area contributed by atoms with Crippen LogP contribution in [0.4, 0.5) is 4.79 Å². The molecule has 0 heterocycles. The second-order valence-electron chi connectivity index (χ2n) is 4.30. The van der Waals surface area contributed by atoms with Crippen LogP contribution < -0.4 is 10.6 Å². The molecule has 0 saturated heterocycles. The van der Waals surface area contributed by atoms with Crippen LogP contribution in [0.1, 0.15) is 24.9 Å². The molecule has 4 N–H and O–H groups in total. The van der Waals surface area contributed by atoms with E-state index in [0.717, 1.165) is 5.56 Å². The maximum Gasteiger partial charge on any atom is 0.326 e. The van der Waals surface area contributed by atoms with E-state index in [1.54, 1.807) is 31.2 Å². The lowest BCUT2D eigenvalue weighted by Gasteiger charge is -2.18. The first kappa shape index (κ1) is 16.3. The molecule has 0 fully saturated rings. The van der Waals surface area contributed by atoms with Gasteiger partial charge in [0.15, 0.2) is 0 Å². The van der Waals surface area contributed by atoms with Crippen molar-refractivity contribution in [2.24, 2.45) is 0 Å². The van der Waals surface area contributed by atoms with Crippen LogP contribution in [-0.4, -0.2) is 34.9 Å². The fourth-order valence-electron chi connectivity index (χ4n) is 1.64. The van der Waals surface area contributed by atoms with E-state index in [1.807, 2.05) is 0 Å². The molecular weight excluding hydrogens is 284 g/mol. The van der Waals surface area contributed by atoms with Crippen molar-refractivity contribution >= 4 is 23.6 Å². The van der Waals surface area contributed by atoms with Gasteiger partial charge >= 0.3 is 12.0 Å². The molecule has 1 unspecified atom stereocenters. The molecule has 2 amide bonds. The lowest BCUT2D eigenvalue weighted by Crippen LogP contribution is -2.47. The molecule has 1 aromatic carbocycles. The Morgan fingerprint density at radius 1 is 1.35 bits per heavy atom. The van der Waals surface area contributed by atoms with Gasteiger partial charge in [0.2, 0.25) is 0 Å². The van der Waals surface area contributed by atoms with E-state index in [-0.39, 0.29) is 19.1 Å². The highest BCUT2D eigenvalue weighted by molar-refractivity contribution is 6.30. The van der Waals surface area contributed by atoms with Gasteiger partial charge in [-0.25, -0.2) is 9.59 Å². The largest absolute Gasteiger partial charge is 0.480 e. The Balaban J connectivity index is 2.59. The summed E-state index contributed by atoms with van der Waals surface area (Å²) in [5.41, 5.74) is 0.807. The molecule has 0 aliphatic heterocycles. The summed E-state index contributed by atoms with van der Waals surface area (Å²) in [6, 6.07) is 4.95. The average Bonchev–Trinajstić information content (AvgIpc) is 2.38. The predicted molar refractivity (Wildman–Crippen MR) is 74.7 cm³/mol. The second kappa shape index (κ2) is 7.72.